The number of nitrogens with zero attached hydrogens (tertiary/aromatic N) is 1. The Kier molecular flexibility index (Phi) is 10.3. The summed E-state index contributed by atoms with van der Waals surface area (Å²) in [5.41, 5.74) is 0.366. The van der Waals surface area contributed by atoms with Crippen LogP contribution in [0.3, 0.4) is 0 Å². The average molecular weight is 631 g/mol. The molecular formula is C34H42N6O6. The van der Waals surface area contributed by atoms with Crippen LogP contribution in [-0.4, -0.2) is 57.6 Å². The highest BCUT2D eigenvalue weighted by molar-refractivity contribution is 6.36. The van der Waals surface area contributed by atoms with Crippen molar-refractivity contribution in [2.75, 3.05) is 11.9 Å². The van der Waals surface area contributed by atoms with Crippen LogP contribution in [-0.2, 0) is 25.7 Å². The zero-order valence-corrected chi connectivity index (χ0v) is 26.3. The van der Waals surface area contributed by atoms with Gasteiger partial charge in [-0.3, -0.25) is 28.8 Å². The van der Waals surface area contributed by atoms with Crippen molar-refractivity contribution in [1.82, 2.24) is 25.5 Å². The number of pyridine rings is 1. The third kappa shape index (κ3) is 7.55. The number of hydrogen-bond donors (Lipinski definition) is 5. The van der Waals surface area contributed by atoms with Gasteiger partial charge in [-0.1, -0.05) is 38.0 Å². The number of Topliss-reactive ketones (excluding diaryl/α,β-unsaturated/α-hetero) is 1. The van der Waals surface area contributed by atoms with E-state index in [4.69, 9.17) is 0 Å². The second-order valence-corrected chi connectivity index (χ2v) is 12.5. The largest absolute Gasteiger partial charge is 0.360 e. The number of H-pyrrole nitrogens is 1. The lowest BCUT2D eigenvalue weighted by molar-refractivity contribution is -0.138. The normalized spacial score (nSPS) is 21.2. The van der Waals surface area contributed by atoms with Crippen molar-refractivity contribution in [3.8, 4) is 0 Å². The quantitative estimate of drug-likeness (QED) is 0.193. The molecule has 244 valence electrons. The SMILES string of the molecule is CCNC(=O)C(=O)CCC(NC(=O)c1c[nH]c2ccccc12)C(=O)Nc1cccn(CC(=O)NC2C(C)CC3CCCC2C3)c1=O. The van der Waals surface area contributed by atoms with E-state index in [0.29, 0.717) is 22.8 Å². The molecule has 12 nitrogen and oxygen atoms in total. The number of fused-ring (bicyclic) bond motifs is 3. The number of ketones is 1. The lowest BCUT2D eigenvalue weighted by Gasteiger charge is -2.44. The van der Waals surface area contributed by atoms with Crippen LogP contribution in [0.5, 0.6) is 0 Å². The molecule has 2 aromatic heterocycles. The maximum atomic E-state index is 13.5. The van der Waals surface area contributed by atoms with Crippen LogP contribution < -0.4 is 26.8 Å². The Morgan fingerprint density at radius 3 is 2.65 bits per heavy atom. The van der Waals surface area contributed by atoms with Gasteiger partial charge in [-0.05, 0) is 68.6 Å². The number of carbonyl (C=O) groups excluding carboxylic acids is 5. The van der Waals surface area contributed by atoms with Gasteiger partial charge < -0.3 is 30.8 Å². The monoisotopic (exact) mass is 630 g/mol. The van der Waals surface area contributed by atoms with E-state index in [9.17, 15) is 28.8 Å². The summed E-state index contributed by atoms with van der Waals surface area (Å²) in [6.45, 7) is 3.92. The molecule has 2 heterocycles. The Balaban J connectivity index is 1.28. The summed E-state index contributed by atoms with van der Waals surface area (Å²) in [6.07, 6.45) is 8.28. The minimum Gasteiger partial charge on any atom is -0.360 e. The van der Waals surface area contributed by atoms with Crippen LogP contribution >= 0.6 is 0 Å². The van der Waals surface area contributed by atoms with Gasteiger partial charge in [-0.25, -0.2) is 0 Å². The number of benzene rings is 1. The molecule has 0 aliphatic heterocycles. The number of rotatable bonds is 12. The predicted molar refractivity (Wildman–Crippen MR) is 173 cm³/mol. The fraction of sp³-hybridized carbons (Fsp3) is 0.471. The van der Waals surface area contributed by atoms with Crippen molar-refractivity contribution in [2.45, 2.75) is 77.4 Å². The molecule has 3 aromatic rings. The molecule has 5 unspecified atom stereocenters. The van der Waals surface area contributed by atoms with Crippen LogP contribution in [0.25, 0.3) is 10.9 Å². The van der Waals surface area contributed by atoms with Gasteiger partial charge in [0.1, 0.15) is 18.3 Å². The van der Waals surface area contributed by atoms with Gasteiger partial charge in [0.15, 0.2) is 0 Å². The van der Waals surface area contributed by atoms with Gasteiger partial charge in [0, 0.05) is 42.3 Å². The molecule has 2 aliphatic carbocycles. The van der Waals surface area contributed by atoms with E-state index in [0.717, 1.165) is 30.7 Å². The van der Waals surface area contributed by atoms with Gasteiger partial charge in [-0.15, -0.1) is 0 Å². The molecule has 1 aromatic carbocycles. The highest BCUT2D eigenvalue weighted by Crippen LogP contribution is 2.42. The third-order valence-corrected chi connectivity index (χ3v) is 9.28. The fourth-order valence-corrected chi connectivity index (χ4v) is 7.04. The van der Waals surface area contributed by atoms with Crippen molar-refractivity contribution in [3.05, 3.63) is 64.7 Å². The molecule has 0 saturated heterocycles. The van der Waals surface area contributed by atoms with Gasteiger partial charge >= 0.3 is 0 Å². The Hall–Kier alpha value is -4.74. The van der Waals surface area contributed by atoms with Crippen LogP contribution in [0, 0.1) is 17.8 Å². The van der Waals surface area contributed by atoms with Gasteiger partial charge in [-0.2, -0.15) is 0 Å². The summed E-state index contributed by atoms with van der Waals surface area (Å²) in [4.78, 5) is 80.6. The first-order chi connectivity index (χ1) is 22.1. The summed E-state index contributed by atoms with van der Waals surface area (Å²) in [5, 5.41) is 11.5. The molecule has 5 rings (SSSR count). The first-order valence-electron chi connectivity index (χ1n) is 16.1. The third-order valence-electron chi connectivity index (χ3n) is 9.28. The molecule has 2 aliphatic rings. The Bertz CT molecular complexity index is 1680. The molecular weight excluding hydrogens is 588 g/mol. The van der Waals surface area contributed by atoms with Crippen molar-refractivity contribution in [3.63, 3.8) is 0 Å². The summed E-state index contributed by atoms with van der Waals surface area (Å²) in [5.74, 6) is -1.53. The van der Waals surface area contributed by atoms with E-state index in [1.165, 1.54) is 35.9 Å². The van der Waals surface area contributed by atoms with E-state index in [1.807, 2.05) is 12.1 Å². The maximum Gasteiger partial charge on any atom is 0.287 e. The fourth-order valence-electron chi connectivity index (χ4n) is 7.04. The van der Waals surface area contributed by atoms with E-state index in [2.05, 4.69) is 33.2 Å². The summed E-state index contributed by atoms with van der Waals surface area (Å²) < 4.78 is 1.24. The Labute approximate surface area is 267 Å². The number of anilines is 1. The van der Waals surface area contributed by atoms with Crippen molar-refractivity contribution >= 4 is 46.0 Å². The van der Waals surface area contributed by atoms with E-state index in [-0.39, 0.29) is 43.6 Å². The number of aromatic amines is 1. The average Bonchev–Trinajstić information content (AvgIpc) is 3.47. The van der Waals surface area contributed by atoms with Gasteiger partial charge in [0.05, 0.1) is 5.56 Å². The standard InChI is InChI=1S/C34H42N6O6/c1-3-35-33(45)28(41)14-13-26(37-31(43)24-18-36-25-11-5-4-10-23(24)25)32(44)38-27-12-7-15-40(34(27)46)19-29(42)39-30-20(2)16-21-8-6-9-22(30)17-21/h4-5,7,10-12,15,18,20-22,26,30,36H,3,6,8-9,13-14,16-17,19H2,1-2H3,(H,35,45)(H,37,43)(H,38,44)(H,39,42). The molecule has 2 bridgehead atoms. The lowest BCUT2D eigenvalue weighted by Crippen LogP contribution is -2.50. The van der Waals surface area contributed by atoms with E-state index < -0.39 is 35.1 Å². The molecule has 12 heteroatoms. The molecule has 2 saturated carbocycles. The number of para-hydroxylation sites is 1. The second-order valence-electron chi connectivity index (χ2n) is 12.5. The minimum absolute atomic E-state index is 0.0753. The lowest BCUT2D eigenvalue weighted by atomic mass is 9.65. The van der Waals surface area contributed by atoms with Crippen LogP contribution in [0.2, 0.25) is 0 Å². The smallest absolute Gasteiger partial charge is 0.287 e. The van der Waals surface area contributed by atoms with Crippen LogP contribution in [0.4, 0.5) is 5.69 Å². The topological polar surface area (TPSA) is 171 Å². The Morgan fingerprint density at radius 1 is 1.04 bits per heavy atom. The van der Waals surface area contributed by atoms with Crippen LogP contribution in [0.15, 0.2) is 53.6 Å². The number of nitrogens with one attached hydrogen (secondary N) is 5. The first-order valence-corrected chi connectivity index (χ1v) is 16.1. The highest BCUT2D eigenvalue weighted by Gasteiger charge is 2.38. The molecule has 5 atom stereocenters. The predicted octanol–water partition coefficient (Wildman–Crippen LogP) is 2.88. The molecule has 2 fully saturated rings. The maximum absolute atomic E-state index is 13.5. The number of aromatic nitrogens is 2. The van der Waals surface area contributed by atoms with Crippen LogP contribution in [0.1, 0.15) is 69.2 Å². The molecule has 5 N–H and O–H groups in total. The minimum atomic E-state index is -1.25. The summed E-state index contributed by atoms with van der Waals surface area (Å²) >= 11 is 0. The van der Waals surface area contributed by atoms with E-state index >= 15 is 0 Å². The van der Waals surface area contributed by atoms with Gasteiger partial charge in [0.2, 0.25) is 17.6 Å². The zero-order chi connectivity index (χ0) is 32.8. The number of amides is 4. The molecule has 4 amide bonds. The second kappa shape index (κ2) is 14.6. The molecule has 0 radical (unpaired) electrons. The first kappa shape index (κ1) is 32.6. The number of hydrogen-bond acceptors (Lipinski definition) is 6. The number of carbonyl (C=O) groups is 5. The summed E-state index contributed by atoms with van der Waals surface area (Å²) in [7, 11) is 0. The highest BCUT2D eigenvalue weighted by atomic mass is 16.2. The van der Waals surface area contributed by atoms with Crippen molar-refractivity contribution in [2.24, 2.45) is 17.8 Å². The molecule has 0 spiro atoms. The van der Waals surface area contributed by atoms with E-state index in [1.54, 1.807) is 25.1 Å². The Morgan fingerprint density at radius 2 is 1.85 bits per heavy atom. The molecule has 46 heavy (non-hydrogen) atoms. The zero-order valence-electron chi connectivity index (χ0n) is 26.3. The van der Waals surface area contributed by atoms with Gasteiger partial charge in [0.25, 0.3) is 17.4 Å². The summed E-state index contributed by atoms with van der Waals surface area (Å²) in [6, 6.07) is 8.97. The number of likely N-dealkylation sites (N-methyl/N-ethyl adjacent to an activating group) is 1. The van der Waals surface area contributed by atoms with Crippen molar-refractivity contribution in [1.29, 1.82) is 0 Å². The van der Waals surface area contributed by atoms with Crippen molar-refractivity contribution < 1.29 is 24.0 Å².